The van der Waals surface area contributed by atoms with Crippen molar-refractivity contribution >= 4 is 11.4 Å². The lowest BCUT2D eigenvalue weighted by Gasteiger charge is -2.24. The monoisotopic (exact) mass is 261 g/mol. The third-order valence-corrected chi connectivity index (χ3v) is 3.26. The fourth-order valence-electron chi connectivity index (χ4n) is 1.85. The Labute approximate surface area is 113 Å². The first-order valence-corrected chi connectivity index (χ1v) is 6.46. The maximum absolute atomic E-state index is 14.0. The second-order valence-corrected chi connectivity index (χ2v) is 4.94. The van der Waals surface area contributed by atoms with Gasteiger partial charge in [-0.3, -0.25) is 0 Å². The van der Waals surface area contributed by atoms with Gasteiger partial charge in [-0.2, -0.15) is 0 Å². The first-order valence-electron chi connectivity index (χ1n) is 6.46. The van der Waals surface area contributed by atoms with Gasteiger partial charge in [0.1, 0.15) is 5.82 Å². The summed E-state index contributed by atoms with van der Waals surface area (Å²) in [6, 6.07) is 7.53. The van der Waals surface area contributed by atoms with Crippen molar-refractivity contribution in [3.63, 3.8) is 0 Å². The minimum atomic E-state index is -0.199. The Kier molecular flexibility index (Phi) is 4.10. The van der Waals surface area contributed by atoms with Crippen molar-refractivity contribution in [2.45, 2.75) is 26.4 Å². The zero-order valence-corrected chi connectivity index (χ0v) is 11.6. The van der Waals surface area contributed by atoms with Crippen molar-refractivity contribution in [3.05, 3.63) is 48.0 Å². The van der Waals surface area contributed by atoms with Crippen molar-refractivity contribution in [1.29, 1.82) is 0 Å². The Hall–Kier alpha value is -1.97. The lowest BCUT2D eigenvalue weighted by Crippen LogP contribution is -2.26. The Balaban J connectivity index is 2.06. The molecule has 0 fully saturated rings. The van der Waals surface area contributed by atoms with Crippen LogP contribution in [-0.2, 0) is 6.54 Å². The zero-order valence-electron chi connectivity index (χ0n) is 11.6. The van der Waals surface area contributed by atoms with Crippen LogP contribution in [0.1, 0.15) is 19.4 Å². The highest BCUT2D eigenvalue weighted by molar-refractivity contribution is 5.56. The Morgan fingerprint density at radius 1 is 1.32 bits per heavy atom. The molecule has 0 amide bonds. The maximum atomic E-state index is 14.0. The predicted octanol–water partition coefficient (Wildman–Crippen LogP) is 3.61. The van der Waals surface area contributed by atoms with Gasteiger partial charge in [-0.25, -0.2) is 4.39 Å². The number of H-pyrrole nitrogens is 1. The number of nitrogens with zero attached hydrogens (tertiary/aromatic N) is 1. The van der Waals surface area contributed by atoms with Gasteiger partial charge in [0.25, 0.3) is 0 Å². The van der Waals surface area contributed by atoms with Crippen LogP contribution < -0.4 is 10.2 Å². The van der Waals surface area contributed by atoms with Gasteiger partial charge in [-0.15, -0.1) is 0 Å². The number of anilines is 2. The molecule has 0 saturated heterocycles. The van der Waals surface area contributed by atoms with E-state index >= 15 is 0 Å². The molecule has 0 aliphatic rings. The van der Waals surface area contributed by atoms with Crippen molar-refractivity contribution in [2.75, 3.05) is 17.3 Å². The third-order valence-electron chi connectivity index (χ3n) is 3.26. The Morgan fingerprint density at radius 3 is 2.68 bits per heavy atom. The molecule has 1 aromatic heterocycles. The highest BCUT2D eigenvalue weighted by Crippen LogP contribution is 2.23. The van der Waals surface area contributed by atoms with Gasteiger partial charge in [-0.1, -0.05) is 0 Å². The molecule has 0 atom stereocenters. The van der Waals surface area contributed by atoms with Crippen molar-refractivity contribution in [1.82, 2.24) is 4.98 Å². The molecular weight excluding hydrogens is 241 g/mol. The summed E-state index contributed by atoms with van der Waals surface area (Å²) in [5.74, 6) is -0.199. The van der Waals surface area contributed by atoms with Crippen LogP contribution in [0.2, 0.25) is 0 Å². The second-order valence-electron chi connectivity index (χ2n) is 4.94. The molecule has 19 heavy (non-hydrogen) atoms. The van der Waals surface area contributed by atoms with Gasteiger partial charge in [0, 0.05) is 37.7 Å². The zero-order chi connectivity index (χ0) is 13.8. The summed E-state index contributed by atoms with van der Waals surface area (Å²) in [4.78, 5) is 4.92. The molecule has 3 nitrogen and oxygen atoms in total. The summed E-state index contributed by atoms with van der Waals surface area (Å²) in [5.41, 5.74) is 2.56. The van der Waals surface area contributed by atoms with Crippen LogP contribution in [0.4, 0.5) is 15.8 Å². The van der Waals surface area contributed by atoms with Gasteiger partial charge >= 0.3 is 0 Å². The van der Waals surface area contributed by atoms with Crippen LogP contribution in [0.3, 0.4) is 0 Å². The van der Waals surface area contributed by atoms with Crippen LogP contribution in [0.15, 0.2) is 36.7 Å². The molecule has 0 bridgehead atoms. The van der Waals surface area contributed by atoms with Crippen LogP contribution in [0, 0.1) is 5.82 Å². The standard InChI is InChI=1S/C15H20FN3/c1-11(2)19(3)15-5-4-13(8-14(15)16)18-10-12-6-7-17-9-12/h4-9,11,17-18H,10H2,1-3H3. The van der Waals surface area contributed by atoms with Crippen molar-refractivity contribution in [3.8, 4) is 0 Å². The van der Waals surface area contributed by atoms with Crippen LogP contribution in [0.5, 0.6) is 0 Å². The minimum absolute atomic E-state index is 0.199. The average molecular weight is 261 g/mol. The van der Waals surface area contributed by atoms with Crippen molar-refractivity contribution in [2.24, 2.45) is 0 Å². The first kappa shape index (κ1) is 13.5. The van der Waals surface area contributed by atoms with E-state index in [1.807, 2.05) is 56.4 Å². The number of hydrogen-bond acceptors (Lipinski definition) is 2. The van der Waals surface area contributed by atoms with E-state index in [0.29, 0.717) is 12.2 Å². The number of halogens is 1. The molecule has 0 aliphatic heterocycles. The Morgan fingerprint density at radius 2 is 2.11 bits per heavy atom. The highest BCUT2D eigenvalue weighted by Gasteiger charge is 2.10. The van der Waals surface area contributed by atoms with Gasteiger partial charge < -0.3 is 15.2 Å². The van der Waals surface area contributed by atoms with E-state index in [2.05, 4.69) is 10.3 Å². The van der Waals surface area contributed by atoms with E-state index in [4.69, 9.17) is 0 Å². The molecule has 2 aromatic rings. The van der Waals surface area contributed by atoms with Crippen LogP contribution >= 0.6 is 0 Å². The van der Waals surface area contributed by atoms with Crippen LogP contribution in [-0.4, -0.2) is 18.1 Å². The summed E-state index contributed by atoms with van der Waals surface area (Å²) in [5, 5.41) is 3.20. The third kappa shape index (κ3) is 3.28. The lowest BCUT2D eigenvalue weighted by molar-refractivity contribution is 0.614. The summed E-state index contributed by atoms with van der Waals surface area (Å²) < 4.78 is 14.0. The number of rotatable bonds is 5. The molecule has 1 aromatic carbocycles. The summed E-state index contributed by atoms with van der Waals surface area (Å²) in [7, 11) is 1.90. The highest BCUT2D eigenvalue weighted by atomic mass is 19.1. The van der Waals surface area contributed by atoms with Crippen LogP contribution in [0.25, 0.3) is 0 Å². The Bertz CT molecular complexity index is 520. The first-order chi connectivity index (χ1) is 9.08. The van der Waals surface area contributed by atoms with E-state index in [-0.39, 0.29) is 11.9 Å². The SMILES string of the molecule is CC(C)N(C)c1ccc(NCc2cc[nH]c2)cc1F. The van der Waals surface area contributed by atoms with Gasteiger partial charge in [0.2, 0.25) is 0 Å². The van der Waals surface area contributed by atoms with Gasteiger partial charge in [0.15, 0.2) is 0 Å². The van der Waals surface area contributed by atoms with E-state index in [0.717, 1.165) is 11.3 Å². The maximum Gasteiger partial charge on any atom is 0.148 e. The topological polar surface area (TPSA) is 31.1 Å². The fourth-order valence-corrected chi connectivity index (χ4v) is 1.85. The van der Waals surface area contributed by atoms with Crippen molar-refractivity contribution < 1.29 is 4.39 Å². The number of hydrogen-bond donors (Lipinski definition) is 2. The minimum Gasteiger partial charge on any atom is -0.381 e. The van der Waals surface area contributed by atoms with E-state index in [1.54, 1.807) is 6.07 Å². The molecule has 2 rings (SSSR count). The van der Waals surface area contributed by atoms with Gasteiger partial charge in [0.05, 0.1) is 5.69 Å². The molecule has 1 heterocycles. The molecule has 0 aliphatic carbocycles. The number of benzene rings is 1. The number of aromatic amines is 1. The molecule has 102 valence electrons. The molecular formula is C15H20FN3. The molecule has 0 radical (unpaired) electrons. The quantitative estimate of drug-likeness (QED) is 0.861. The summed E-state index contributed by atoms with van der Waals surface area (Å²) in [6.07, 6.45) is 3.79. The largest absolute Gasteiger partial charge is 0.381 e. The van der Waals surface area contributed by atoms with E-state index in [9.17, 15) is 4.39 Å². The van der Waals surface area contributed by atoms with Gasteiger partial charge in [-0.05, 0) is 43.7 Å². The fraction of sp³-hybridized carbons (Fsp3) is 0.333. The summed E-state index contributed by atoms with van der Waals surface area (Å²) >= 11 is 0. The number of aromatic nitrogens is 1. The number of nitrogens with one attached hydrogen (secondary N) is 2. The second kappa shape index (κ2) is 5.78. The molecule has 0 saturated carbocycles. The average Bonchev–Trinajstić information content (AvgIpc) is 2.88. The smallest absolute Gasteiger partial charge is 0.148 e. The molecule has 0 spiro atoms. The molecule has 0 unspecified atom stereocenters. The predicted molar refractivity (Wildman–Crippen MR) is 78.1 cm³/mol. The normalized spacial score (nSPS) is 10.8. The van der Waals surface area contributed by atoms with E-state index < -0.39 is 0 Å². The molecule has 4 heteroatoms. The lowest BCUT2D eigenvalue weighted by atomic mass is 10.2. The molecule has 2 N–H and O–H groups in total. The summed E-state index contributed by atoms with van der Waals surface area (Å²) in [6.45, 7) is 4.76. The van der Waals surface area contributed by atoms with E-state index in [1.165, 1.54) is 0 Å².